The van der Waals surface area contributed by atoms with E-state index in [1.54, 1.807) is 13.8 Å². The van der Waals surface area contributed by atoms with Gasteiger partial charge in [0, 0.05) is 0 Å². The van der Waals surface area contributed by atoms with Gasteiger partial charge in [-0.3, -0.25) is 14.9 Å². The summed E-state index contributed by atoms with van der Waals surface area (Å²) in [4.78, 5) is 24.3. The fourth-order valence-electron chi connectivity index (χ4n) is 1.43. The fourth-order valence-corrected chi connectivity index (χ4v) is 1.43. The second-order valence-corrected chi connectivity index (χ2v) is 3.95. The summed E-state index contributed by atoms with van der Waals surface area (Å²) in [6, 6.07) is -0.0464. The summed E-state index contributed by atoms with van der Waals surface area (Å²) < 4.78 is 5.00. The summed E-state index contributed by atoms with van der Waals surface area (Å²) in [5, 5.41) is 9.38. The SMILES string of the molecule is CC1(C)C(=O)NC(=O)CN1c1nnc(N)o1. The summed E-state index contributed by atoms with van der Waals surface area (Å²) in [7, 11) is 0. The maximum absolute atomic E-state index is 11.6. The van der Waals surface area contributed by atoms with Gasteiger partial charge in [-0.1, -0.05) is 10.2 Å². The van der Waals surface area contributed by atoms with E-state index in [4.69, 9.17) is 10.2 Å². The Hall–Kier alpha value is -2.12. The molecule has 8 heteroatoms. The molecule has 0 atom stereocenters. The topological polar surface area (TPSA) is 114 Å². The summed E-state index contributed by atoms with van der Waals surface area (Å²) >= 11 is 0. The van der Waals surface area contributed by atoms with Gasteiger partial charge in [0.25, 0.3) is 5.91 Å². The molecule has 0 spiro atoms. The number of nitrogens with zero attached hydrogens (tertiary/aromatic N) is 3. The van der Waals surface area contributed by atoms with E-state index in [0.717, 1.165) is 0 Å². The van der Waals surface area contributed by atoms with Crippen LogP contribution >= 0.6 is 0 Å². The molecular formula is C8H11N5O3. The second-order valence-electron chi connectivity index (χ2n) is 3.95. The Bertz CT molecular complexity index is 452. The Morgan fingerprint density at radius 3 is 2.69 bits per heavy atom. The lowest BCUT2D eigenvalue weighted by Gasteiger charge is -2.38. The molecule has 86 valence electrons. The van der Waals surface area contributed by atoms with Gasteiger partial charge in [-0.25, -0.2) is 0 Å². The van der Waals surface area contributed by atoms with E-state index in [9.17, 15) is 9.59 Å². The van der Waals surface area contributed by atoms with Gasteiger partial charge in [-0.2, -0.15) is 0 Å². The third kappa shape index (κ3) is 1.47. The average Bonchev–Trinajstić information content (AvgIpc) is 2.58. The van der Waals surface area contributed by atoms with Crippen LogP contribution in [0.2, 0.25) is 0 Å². The molecule has 1 aliphatic rings. The number of nitrogens with two attached hydrogens (primary N) is 1. The number of carbonyl (C=O) groups is 2. The molecule has 0 bridgehead atoms. The molecule has 8 nitrogen and oxygen atoms in total. The zero-order chi connectivity index (χ0) is 11.9. The molecule has 1 aliphatic heterocycles. The van der Waals surface area contributed by atoms with E-state index in [1.807, 2.05) is 0 Å². The Morgan fingerprint density at radius 2 is 2.12 bits per heavy atom. The fraction of sp³-hybridized carbons (Fsp3) is 0.500. The van der Waals surface area contributed by atoms with Crippen LogP contribution in [0.3, 0.4) is 0 Å². The number of hydrogen-bond donors (Lipinski definition) is 2. The largest absolute Gasteiger partial charge is 0.390 e. The molecule has 0 aromatic carbocycles. The highest BCUT2D eigenvalue weighted by atomic mass is 16.4. The van der Waals surface area contributed by atoms with E-state index in [0.29, 0.717) is 0 Å². The minimum atomic E-state index is -0.938. The molecule has 2 heterocycles. The van der Waals surface area contributed by atoms with Gasteiger partial charge in [-0.05, 0) is 13.8 Å². The minimum Gasteiger partial charge on any atom is -0.390 e. The van der Waals surface area contributed by atoms with E-state index >= 15 is 0 Å². The van der Waals surface area contributed by atoms with Crippen molar-refractivity contribution in [1.82, 2.24) is 15.5 Å². The van der Waals surface area contributed by atoms with Crippen LogP contribution in [0, 0.1) is 0 Å². The van der Waals surface area contributed by atoms with Crippen molar-refractivity contribution in [3.63, 3.8) is 0 Å². The number of carbonyl (C=O) groups excluding carboxylic acids is 2. The van der Waals surface area contributed by atoms with Crippen molar-refractivity contribution < 1.29 is 14.0 Å². The first-order valence-electron chi connectivity index (χ1n) is 4.62. The molecule has 1 aromatic heterocycles. The third-order valence-electron chi connectivity index (χ3n) is 2.45. The van der Waals surface area contributed by atoms with E-state index in [1.165, 1.54) is 4.90 Å². The lowest BCUT2D eigenvalue weighted by Crippen LogP contribution is -2.64. The van der Waals surface area contributed by atoms with Gasteiger partial charge in [0.2, 0.25) is 5.91 Å². The van der Waals surface area contributed by atoms with Crippen LogP contribution in [0.15, 0.2) is 4.42 Å². The van der Waals surface area contributed by atoms with Crippen molar-refractivity contribution >= 4 is 23.8 Å². The van der Waals surface area contributed by atoms with Crippen molar-refractivity contribution in [2.45, 2.75) is 19.4 Å². The molecule has 16 heavy (non-hydrogen) atoms. The molecule has 1 fully saturated rings. The molecule has 3 N–H and O–H groups in total. The van der Waals surface area contributed by atoms with Crippen molar-refractivity contribution in [2.24, 2.45) is 0 Å². The molecule has 0 radical (unpaired) electrons. The van der Waals surface area contributed by atoms with Crippen molar-refractivity contribution in [3.05, 3.63) is 0 Å². The van der Waals surface area contributed by atoms with Crippen LogP contribution in [-0.2, 0) is 9.59 Å². The number of aromatic nitrogens is 2. The molecule has 1 saturated heterocycles. The minimum absolute atomic E-state index is 0.0274. The van der Waals surface area contributed by atoms with Crippen LogP contribution in [0.5, 0.6) is 0 Å². The highest BCUT2D eigenvalue weighted by molar-refractivity contribution is 6.06. The first-order valence-corrected chi connectivity index (χ1v) is 4.62. The van der Waals surface area contributed by atoms with E-state index < -0.39 is 17.4 Å². The lowest BCUT2D eigenvalue weighted by atomic mass is 9.99. The van der Waals surface area contributed by atoms with Gasteiger partial charge in [-0.15, -0.1) is 0 Å². The first kappa shape index (κ1) is 10.4. The van der Waals surface area contributed by atoms with Crippen LogP contribution < -0.4 is 16.0 Å². The van der Waals surface area contributed by atoms with Gasteiger partial charge in [0.15, 0.2) is 0 Å². The normalized spacial score (nSPS) is 19.8. The predicted octanol–water partition coefficient (Wildman–Crippen LogP) is -1.11. The Kier molecular flexibility index (Phi) is 2.07. The summed E-state index contributed by atoms with van der Waals surface area (Å²) in [6.07, 6.45) is 0. The number of amides is 2. The highest BCUT2D eigenvalue weighted by Gasteiger charge is 2.43. The Morgan fingerprint density at radius 1 is 1.44 bits per heavy atom. The summed E-state index contributed by atoms with van der Waals surface area (Å²) in [5.74, 6) is -0.832. The van der Waals surface area contributed by atoms with Crippen LogP contribution in [-0.4, -0.2) is 34.1 Å². The molecule has 1 aromatic rings. The van der Waals surface area contributed by atoms with Gasteiger partial charge in [0.05, 0.1) is 0 Å². The van der Waals surface area contributed by atoms with Gasteiger partial charge >= 0.3 is 12.0 Å². The molecule has 2 amide bonds. The number of anilines is 2. The molecule has 0 saturated carbocycles. The standard InChI is InChI=1S/C8H11N5O3/c1-8(2)5(15)10-4(14)3-13(8)7-12-11-6(9)16-7/h3H2,1-2H3,(H2,9,11)(H,10,14,15). The number of imide groups is 1. The zero-order valence-corrected chi connectivity index (χ0v) is 8.85. The maximum atomic E-state index is 11.6. The molecular weight excluding hydrogens is 214 g/mol. The predicted molar refractivity (Wildman–Crippen MR) is 53.3 cm³/mol. The Balaban J connectivity index is 2.38. The van der Waals surface area contributed by atoms with Crippen LogP contribution in [0.25, 0.3) is 0 Å². The quantitative estimate of drug-likeness (QED) is 0.582. The van der Waals surface area contributed by atoms with Gasteiger partial charge in [0.1, 0.15) is 12.1 Å². The highest BCUT2D eigenvalue weighted by Crippen LogP contribution is 2.25. The van der Waals surface area contributed by atoms with Crippen molar-refractivity contribution in [1.29, 1.82) is 0 Å². The van der Waals surface area contributed by atoms with Crippen LogP contribution in [0.4, 0.5) is 12.0 Å². The number of nitrogens with one attached hydrogen (secondary N) is 1. The first-order chi connectivity index (χ1) is 7.41. The Labute approximate surface area is 90.8 Å². The smallest absolute Gasteiger partial charge is 0.320 e. The number of rotatable bonds is 1. The number of hydrogen-bond acceptors (Lipinski definition) is 7. The van der Waals surface area contributed by atoms with E-state index in [-0.39, 0.29) is 18.6 Å². The zero-order valence-electron chi connectivity index (χ0n) is 8.85. The second kappa shape index (κ2) is 3.19. The van der Waals surface area contributed by atoms with Crippen LogP contribution in [0.1, 0.15) is 13.8 Å². The van der Waals surface area contributed by atoms with Crippen molar-refractivity contribution in [3.8, 4) is 0 Å². The monoisotopic (exact) mass is 225 g/mol. The molecule has 0 aliphatic carbocycles. The average molecular weight is 225 g/mol. The third-order valence-corrected chi connectivity index (χ3v) is 2.45. The maximum Gasteiger partial charge on any atom is 0.320 e. The summed E-state index contributed by atoms with van der Waals surface area (Å²) in [5.41, 5.74) is 4.35. The lowest BCUT2D eigenvalue weighted by molar-refractivity contribution is -0.135. The van der Waals surface area contributed by atoms with Gasteiger partial charge < -0.3 is 15.1 Å². The molecule has 2 rings (SSSR count). The summed E-state index contributed by atoms with van der Waals surface area (Å²) in [6.45, 7) is 3.27. The number of piperazine rings is 1. The van der Waals surface area contributed by atoms with Crippen molar-refractivity contribution in [2.75, 3.05) is 17.2 Å². The van der Waals surface area contributed by atoms with E-state index in [2.05, 4.69) is 15.5 Å². The number of nitrogen functional groups attached to an aromatic ring is 1. The molecule has 0 unspecified atom stereocenters.